The van der Waals surface area contributed by atoms with E-state index in [1.165, 1.54) is 0 Å². The zero-order valence-electron chi connectivity index (χ0n) is 17.9. The zero-order valence-corrected chi connectivity index (χ0v) is 17.9. The fourth-order valence-corrected chi connectivity index (χ4v) is 6.72. The number of nitrogens with zero attached hydrogens (tertiary/aromatic N) is 2. The van der Waals surface area contributed by atoms with E-state index in [0.29, 0.717) is 35.0 Å². The molecule has 2 atom stereocenters. The van der Waals surface area contributed by atoms with Gasteiger partial charge in [-0.25, -0.2) is 0 Å². The second kappa shape index (κ2) is 6.67. The van der Waals surface area contributed by atoms with Gasteiger partial charge in [0, 0.05) is 51.0 Å². The van der Waals surface area contributed by atoms with Crippen molar-refractivity contribution in [1.29, 1.82) is 0 Å². The number of hydrogen-bond acceptors (Lipinski definition) is 5. The van der Waals surface area contributed by atoms with Crippen LogP contribution in [0.1, 0.15) is 65.3 Å². The molecule has 0 radical (unpaired) electrons. The quantitative estimate of drug-likeness (QED) is 0.781. The van der Waals surface area contributed by atoms with Crippen molar-refractivity contribution in [2.75, 3.05) is 45.9 Å². The third kappa shape index (κ3) is 2.98. The molecule has 3 heterocycles. The number of aryl methyl sites for hydroxylation is 2. The normalized spacial score (nSPS) is 31.3. The van der Waals surface area contributed by atoms with Gasteiger partial charge in [-0.2, -0.15) is 0 Å². The lowest BCUT2D eigenvalue weighted by Crippen LogP contribution is -2.59. The molecule has 5 rings (SSSR count). The van der Waals surface area contributed by atoms with Crippen LogP contribution >= 0.6 is 0 Å². The molecule has 2 aliphatic carbocycles. The standard InChI is InChI=1S/C23H32N2O4/c1-15-19(20-16(26)5-4-6-17(20)29-15)21(27)25-11-18-22(2,3)12-23(18,14-25)13-24-7-9-28-10-8-24/h18H,4-14H2,1-3H3/t18-,23+/m1/s1. The summed E-state index contributed by atoms with van der Waals surface area (Å²) in [5.41, 5.74) is 1.52. The monoisotopic (exact) mass is 400 g/mol. The van der Waals surface area contributed by atoms with Crippen molar-refractivity contribution >= 4 is 11.7 Å². The summed E-state index contributed by atoms with van der Waals surface area (Å²) in [7, 11) is 0. The van der Waals surface area contributed by atoms with Crippen molar-refractivity contribution in [3.05, 3.63) is 22.6 Å². The van der Waals surface area contributed by atoms with Crippen LogP contribution in [0.15, 0.2) is 4.42 Å². The summed E-state index contributed by atoms with van der Waals surface area (Å²) in [5, 5.41) is 0. The topological polar surface area (TPSA) is 63.0 Å². The predicted molar refractivity (Wildman–Crippen MR) is 108 cm³/mol. The fourth-order valence-electron chi connectivity index (χ4n) is 6.72. The molecule has 6 heteroatoms. The van der Waals surface area contributed by atoms with Crippen molar-refractivity contribution < 1.29 is 18.7 Å². The molecule has 3 fully saturated rings. The van der Waals surface area contributed by atoms with E-state index in [2.05, 4.69) is 18.7 Å². The highest BCUT2D eigenvalue weighted by atomic mass is 16.5. The van der Waals surface area contributed by atoms with E-state index in [-0.39, 0.29) is 22.5 Å². The van der Waals surface area contributed by atoms with Gasteiger partial charge in [-0.3, -0.25) is 14.5 Å². The van der Waals surface area contributed by atoms with Crippen molar-refractivity contribution in [3.8, 4) is 0 Å². The Morgan fingerprint density at radius 3 is 2.69 bits per heavy atom. The Labute approximate surface area is 172 Å². The molecule has 2 saturated heterocycles. The Bertz CT molecular complexity index is 851. The number of carbonyl (C=O) groups is 2. The maximum Gasteiger partial charge on any atom is 0.258 e. The van der Waals surface area contributed by atoms with Gasteiger partial charge < -0.3 is 14.1 Å². The molecule has 1 amide bonds. The van der Waals surface area contributed by atoms with Gasteiger partial charge in [-0.1, -0.05) is 13.8 Å². The Hall–Kier alpha value is -1.66. The smallest absolute Gasteiger partial charge is 0.258 e. The summed E-state index contributed by atoms with van der Waals surface area (Å²) in [4.78, 5) is 30.7. The molecule has 0 spiro atoms. The number of amides is 1. The Balaban J connectivity index is 1.41. The van der Waals surface area contributed by atoms with Gasteiger partial charge in [-0.15, -0.1) is 0 Å². The highest BCUT2D eigenvalue weighted by Crippen LogP contribution is 2.63. The van der Waals surface area contributed by atoms with Gasteiger partial charge in [0.2, 0.25) is 0 Å². The number of ketones is 1. The van der Waals surface area contributed by atoms with Crippen LogP contribution in [0.2, 0.25) is 0 Å². The van der Waals surface area contributed by atoms with Crippen LogP contribution in [0, 0.1) is 23.7 Å². The minimum atomic E-state index is -0.00528. The summed E-state index contributed by atoms with van der Waals surface area (Å²) in [6.45, 7) is 12.7. The number of Topliss-reactive ketones (excluding diaryl/α,β-unsaturated/α-hetero) is 1. The first-order valence-corrected chi connectivity index (χ1v) is 11.1. The van der Waals surface area contributed by atoms with Crippen LogP contribution in [0.5, 0.6) is 0 Å². The van der Waals surface area contributed by atoms with E-state index in [0.717, 1.165) is 65.2 Å². The number of morpholine rings is 1. The summed E-state index contributed by atoms with van der Waals surface area (Å²) >= 11 is 0. The first kappa shape index (κ1) is 19.3. The SMILES string of the molecule is Cc1oc2c(c1C(=O)N1C[C@@H]3C(C)(C)C[C@]3(CN3CCOCC3)C1)C(=O)CCC2. The lowest BCUT2D eigenvalue weighted by Gasteiger charge is -2.58. The Morgan fingerprint density at radius 2 is 1.97 bits per heavy atom. The predicted octanol–water partition coefficient (Wildman–Crippen LogP) is 2.93. The van der Waals surface area contributed by atoms with E-state index >= 15 is 0 Å². The van der Waals surface area contributed by atoms with Crippen LogP contribution in [0.25, 0.3) is 0 Å². The number of carbonyl (C=O) groups excluding carboxylic acids is 2. The van der Waals surface area contributed by atoms with E-state index in [1.807, 2.05) is 11.8 Å². The molecule has 0 N–H and O–H groups in total. The van der Waals surface area contributed by atoms with E-state index in [4.69, 9.17) is 9.15 Å². The number of hydrogen-bond donors (Lipinski definition) is 0. The minimum Gasteiger partial charge on any atom is -0.465 e. The highest BCUT2D eigenvalue weighted by Gasteiger charge is 2.63. The molecule has 29 heavy (non-hydrogen) atoms. The number of furan rings is 1. The van der Waals surface area contributed by atoms with E-state index in [1.54, 1.807) is 0 Å². The molecule has 1 saturated carbocycles. The third-order valence-corrected chi connectivity index (χ3v) is 7.79. The second-order valence-corrected chi connectivity index (χ2v) is 10.3. The van der Waals surface area contributed by atoms with Crippen LogP contribution in [0.4, 0.5) is 0 Å². The number of fused-ring (bicyclic) bond motifs is 2. The van der Waals surface area contributed by atoms with Gasteiger partial charge in [0.1, 0.15) is 11.5 Å². The van der Waals surface area contributed by atoms with Crippen LogP contribution in [-0.4, -0.2) is 67.4 Å². The van der Waals surface area contributed by atoms with Crippen LogP contribution in [0.3, 0.4) is 0 Å². The van der Waals surface area contributed by atoms with Crippen molar-refractivity contribution in [1.82, 2.24) is 9.80 Å². The summed E-state index contributed by atoms with van der Waals surface area (Å²) < 4.78 is 11.4. The van der Waals surface area contributed by atoms with Gasteiger partial charge in [-0.05, 0) is 31.1 Å². The molecule has 1 aromatic heterocycles. The van der Waals surface area contributed by atoms with Gasteiger partial charge in [0.05, 0.1) is 24.3 Å². The van der Waals surface area contributed by atoms with E-state index < -0.39 is 0 Å². The molecule has 0 aromatic carbocycles. The fraction of sp³-hybridized carbons (Fsp3) is 0.739. The lowest BCUT2D eigenvalue weighted by atomic mass is 9.48. The second-order valence-electron chi connectivity index (χ2n) is 10.3. The summed E-state index contributed by atoms with van der Waals surface area (Å²) in [6, 6.07) is 0. The van der Waals surface area contributed by atoms with E-state index in [9.17, 15) is 9.59 Å². The molecule has 4 aliphatic rings. The number of ether oxygens (including phenoxy) is 1. The molecule has 1 aromatic rings. The number of rotatable bonds is 3. The molecular weight excluding hydrogens is 368 g/mol. The molecule has 158 valence electrons. The Morgan fingerprint density at radius 1 is 1.21 bits per heavy atom. The van der Waals surface area contributed by atoms with Gasteiger partial charge in [0.25, 0.3) is 5.91 Å². The van der Waals surface area contributed by atoms with Crippen molar-refractivity contribution in [2.45, 2.75) is 46.5 Å². The number of likely N-dealkylation sites (tertiary alicyclic amines) is 1. The third-order valence-electron chi connectivity index (χ3n) is 7.79. The Kier molecular flexibility index (Phi) is 4.44. The zero-order chi connectivity index (χ0) is 20.4. The molecule has 2 aliphatic heterocycles. The molecule has 6 nitrogen and oxygen atoms in total. The van der Waals surface area contributed by atoms with Crippen LogP contribution in [-0.2, 0) is 11.2 Å². The maximum absolute atomic E-state index is 13.6. The average molecular weight is 401 g/mol. The lowest BCUT2D eigenvalue weighted by molar-refractivity contribution is -0.0966. The maximum atomic E-state index is 13.6. The van der Waals surface area contributed by atoms with Gasteiger partial charge in [0.15, 0.2) is 5.78 Å². The molecule has 0 unspecified atom stereocenters. The summed E-state index contributed by atoms with van der Waals surface area (Å²) in [5.74, 6) is 1.88. The molecular formula is C23H32N2O4. The first-order chi connectivity index (χ1) is 13.8. The molecule has 0 bridgehead atoms. The first-order valence-electron chi connectivity index (χ1n) is 11.1. The van der Waals surface area contributed by atoms with Gasteiger partial charge >= 0.3 is 0 Å². The average Bonchev–Trinajstić information content (AvgIpc) is 3.18. The van der Waals surface area contributed by atoms with Crippen molar-refractivity contribution in [3.63, 3.8) is 0 Å². The highest BCUT2D eigenvalue weighted by molar-refractivity contribution is 6.10. The minimum absolute atomic E-state index is 0.00528. The van der Waals surface area contributed by atoms with Crippen LogP contribution < -0.4 is 0 Å². The summed E-state index contributed by atoms with van der Waals surface area (Å²) in [6.07, 6.45) is 3.23. The van der Waals surface area contributed by atoms with Crippen molar-refractivity contribution in [2.24, 2.45) is 16.7 Å². The largest absolute Gasteiger partial charge is 0.465 e.